The van der Waals surface area contributed by atoms with Crippen molar-refractivity contribution in [3.8, 4) is 0 Å². The number of fused-ring (bicyclic) bond motifs is 1. The zero-order valence-corrected chi connectivity index (χ0v) is 14.4. The van der Waals surface area contributed by atoms with Gasteiger partial charge in [0, 0.05) is 37.8 Å². The number of hydrogen-bond acceptors (Lipinski definition) is 7. The molecule has 1 aliphatic heterocycles. The summed E-state index contributed by atoms with van der Waals surface area (Å²) in [6, 6.07) is 5.32. The Hall–Kier alpha value is -2.67. The zero-order chi connectivity index (χ0) is 17.8. The average Bonchev–Trinajstić information content (AvgIpc) is 2.66. The van der Waals surface area contributed by atoms with Gasteiger partial charge in [0.2, 0.25) is 0 Å². The van der Waals surface area contributed by atoms with E-state index in [9.17, 15) is 9.59 Å². The van der Waals surface area contributed by atoms with Gasteiger partial charge in [0.25, 0.3) is 0 Å². The van der Waals surface area contributed by atoms with Crippen molar-refractivity contribution in [1.29, 1.82) is 0 Å². The highest BCUT2D eigenvalue weighted by atomic mass is 16.5. The molecule has 0 unspecified atom stereocenters. The van der Waals surface area contributed by atoms with Crippen molar-refractivity contribution in [3.05, 3.63) is 35.5 Å². The van der Waals surface area contributed by atoms with E-state index in [-0.39, 0.29) is 0 Å². The minimum absolute atomic E-state index is 0.292. The number of aromatic nitrogens is 1. The molecule has 2 heterocycles. The Balaban J connectivity index is 2.22. The van der Waals surface area contributed by atoms with Gasteiger partial charge >= 0.3 is 11.9 Å². The number of anilines is 1. The van der Waals surface area contributed by atoms with Crippen molar-refractivity contribution in [1.82, 2.24) is 10.3 Å². The molecule has 7 nitrogen and oxygen atoms in total. The molecule has 0 saturated carbocycles. The first kappa shape index (κ1) is 17.2. The van der Waals surface area contributed by atoms with Crippen LogP contribution in [0.3, 0.4) is 0 Å². The number of piperazine rings is 1. The zero-order valence-electron chi connectivity index (χ0n) is 14.4. The largest absolute Gasteiger partial charge is 0.465 e. The molecule has 1 aromatic heterocycles. The van der Waals surface area contributed by atoms with Gasteiger partial charge < -0.3 is 19.7 Å². The fourth-order valence-electron chi connectivity index (χ4n) is 3.07. The molecule has 1 aromatic carbocycles. The second-order valence-electron chi connectivity index (χ2n) is 5.67. The fourth-order valence-corrected chi connectivity index (χ4v) is 3.07. The lowest BCUT2D eigenvalue weighted by Crippen LogP contribution is -2.44. The number of rotatable bonds is 4. The number of pyridine rings is 1. The quantitative estimate of drug-likeness (QED) is 0.845. The van der Waals surface area contributed by atoms with Gasteiger partial charge in [-0.2, -0.15) is 0 Å². The topological polar surface area (TPSA) is 80.8 Å². The summed E-state index contributed by atoms with van der Waals surface area (Å²) >= 11 is 0. The van der Waals surface area contributed by atoms with Crippen LogP contribution in [-0.2, 0) is 9.47 Å². The number of para-hydroxylation sites is 1. The van der Waals surface area contributed by atoms with Crippen molar-refractivity contribution in [2.24, 2.45) is 0 Å². The highest BCUT2D eigenvalue weighted by Crippen LogP contribution is 2.32. The number of carbonyl (C=O) groups is 2. The Morgan fingerprint density at radius 3 is 2.64 bits per heavy atom. The van der Waals surface area contributed by atoms with Gasteiger partial charge in [0.15, 0.2) is 0 Å². The molecule has 1 fully saturated rings. The first-order chi connectivity index (χ1) is 12.2. The van der Waals surface area contributed by atoms with E-state index < -0.39 is 11.9 Å². The molecule has 0 bridgehead atoms. The standard InChI is InChI=1S/C18H21N3O4/c1-3-25-18(23)14-11-20-15-12(5-4-6-13(15)17(22)24-2)16(14)21-9-7-19-8-10-21/h4-6,11,19H,3,7-10H2,1-2H3. The third kappa shape index (κ3) is 3.28. The van der Waals surface area contributed by atoms with E-state index >= 15 is 0 Å². The van der Waals surface area contributed by atoms with Crippen LogP contribution in [0, 0.1) is 0 Å². The van der Waals surface area contributed by atoms with Gasteiger partial charge in [-0.05, 0) is 13.0 Å². The number of benzene rings is 1. The van der Waals surface area contributed by atoms with Gasteiger partial charge in [-0.25, -0.2) is 9.59 Å². The number of esters is 2. The lowest BCUT2D eigenvalue weighted by molar-refractivity contribution is 0.0526. The van der Waals surface area contributed by atoms with Gasteiger partial charge in [-0.3, -0.25) is 4.98 Å². The van der Waals surface area contributed by atoms with Gasteiger partial charge in [-0.1, -0.05) is 12.1 Å². The lowest BCUT2D eigenvalue weighted by atomic mass is 10.0. The summed E-state index contributed by atoms with van der Waals surface area (Å²) in [5, 5.41) is 4.04. The van der Waals surface area contributed by atoms with Crippen LogP contribution >= 0.6 is 0 Å². The normalized spacial score (nSPS) is 14.4. The number of nitrogens with one attached hydrogen (secondary N) is 1. The Bertz CT molecular complexity index is 800. The summed E-state index contributed by atoms with van der Waals surface area (Å²) < 4.78 is 10.0. The smallest absolute Gasteiger partial charge is 0.341 e. The van der Waals surface area contributed by atoms with Crippen molar-refractivity contribution in [2.45, 2.75) is 6.92 Å². The summed E-state index contributed by atoms with van der Waals surface area (Å²) in [6.07, 6.45) is 1.49. The second kappa shape index (κ2) is 7.48. The van der Waals surface area contributed by atoms with E-state index in [2.05, 4.69) is 15.2 Å². The molecule has 0 spiro atoms. The molecule has 0 radical (unpaired) electrons. The Morgan fingerprint density at radius 2 is 1.96 bits per heavy atom. The summed E-state index contributed by atoms with van der Waals surface area (Å²) in [4.78, 5) is 31.0. The number of ether oxygens (including phenoxy) is 2. The van der Waals surface area contributed by atoms with Crippen LogP contribution in [0.1, 0.15) is 27.6 Å². The Morgan fingerprint density at radius 1 is 1.20 bits per heavy atom. The molecule has 1 N–H and O–H groups in total. The maximum Gasteiger partial charge on any atom is 0.341 e. The molecule has 1 aliphatic rings. The first-order valence-electron chi connectivity index (χ1n) is 8.30. The third-order valence-electron chi connectivity index (χ3n) is 4.20. The van der Waals surface area contributed by atoms with Crippen LogP contribution in [0.25, 0.3) is 10.9 Å². The van der Waals surface area contributed by atoms with Crippen molar-refractivity contribution < 1.29 is 19.1 Å². The Kier molecular flexibility index (Phi) is 5.14. The van der Waals surface area contributed by atoms with Crippen molar-refractivity contribution in [3.63, 3.8) is 0 Å². The maximum atomic E-state index is 12.4. The van der Waals surface area contributed by atoms with Crippen LogP contribution in [0.4, 0.5) is 5.69 Å². The SMILES string of the molecule is CCOC(=O)c1cnc2c(C(=O)OC)cccc2c1N1CCNCC1. The number of methoxy groups -OCH3 is 1. The van der Waals surface area contributed by atoms with Gasteiger partial charge in [0.1, 0.15) is 5.56 Å². The molecule has 3 rings (SSSR count). The molecular weight excluding hydrogens is 322 g/mol. The molecule has 0 aliphatic carbocycles. The second-order valence-corrected chi connectivity index (χ2v) is 5.67. The molecule has 7 heteroatoms. The maximum absolute atomic E-state index is 12.4. The van der Waals surface area contributed by atoms with Crippen molar-refractivity contribution in [2.75, 3.05) is 44.8 Å². The summed E-state index contributed by atoms with van der Waals surface area (Å²) in [5.41, 5.74) is 2.08. The van der Waals surface area contributed by atoms with Crippen LogP contribution in [0.5, 0.6) is 0 Å². The molecule has 2 aromatic rings. The molecule has 25 heavy (non-hydrogen) atoms. The van der Waals surface area contributed by atoms with Gasteiger partial charge in [0.05, 0.1) is 30.5 Å². The number of nitrogens with zero attached hydrogens (tertiary/aromatic N) is 2. The average molecular weight is 343 g/mol. The fraction of sp³-hybridized carbons (Fsp3) is 0.389. The predicted molar refractivity (Wildman–Crippen MR) is 94.1 cm³/mol. The summed E-state index contributed by atoms with van der Waals surface area (Å²) in [6.45, 7) is 5.22. The highest BCUT2D eigenvalue weighted by Gasteiger charge is 2.24. The van der Waals surface area contributed by atoms with E-state index in [1.807, 2.05) is 6.07 Å². The van der Waals surface area contributed by atoms with E-state index in [0.29, 0.717) is 23.3 Å². The first-order valence-corrected chi connectivity index (χ1v) is 8.30. The van der Waals surface area contributed by atoms with E-state index in [4.69, 9.17) is 9.47 Å². The van der Waals surface area contributed by atoms with E-state index in [1.54, 1.807) is 19.1 Å². The third-order valence-corrected chi connectivity index (χ3v) is 4.20. The minimum Gasteiger partial charge on any atom is -0.465 e. The summed E-state index contributed by atoms with van der Waals surface area (Å²) in [5.74, 6) is -0.859. The number of hydrogen-bond donors (Lipinski definition) is 1. The Labute approximate surface area is 145 Å². The van der Waals surface area contributed by atoms with Crippen molar-refractivity contribution >= 4 is 28.5 Å². The number of carbonyl (C=O) groups excluding carboxylic acids is 2. The molecule has 132 valence electrons. The highest BCUT2D eigenvalue weighted by molar-refractivity contribution is 6.10. The lowest BCUT2D eigenvalue weighted by Gasteiger charge is -2.31. The molecule has 1 saturated heterocycles. The summed E-state index contributed by atoms with van der Waals surface area (Å²) in [7, 11) is 1.34. The van der Waals surface area contributed by atoms with Crippen LogP contribution in [0.15, 0.2) is 24.4 Å². The molecule has 0 atom stereocenters. The van der Waals surface area contributed by atoms with Gasteiger partial charge in [-0.15, -0.1) is 0 Å². The monoisotopic (exact) mass is 343 g/mol. The van der Waals surface area contributed by atoms with Crippen LogP contribution in [-0.4, -0.2) is 56.8 Å². The van der Waals surface area contributed by atoms with E-state index in [0.717, 1.165) is 37.3 Å². The molecular formula is C18H21N3O4. The molecule has 0 amide bonds. The van der Waals surface area contributed by atoms with E-state index in [1.165, 1.54) is 13.3 Å². The van der Waals surface area contributed by atoms with Crippen LogP contribution in [0.2, 0.25) is 0 Å². The minimum atomic E-state index is -0.451. The van der Waals surface area contributed by atoms with Crippen LogP contribution < -0.4 is 10.2 Å². The predicted octanol–water partition coefficient (Wildman–Crippen LogP) is 1.61.